The molecule has 0 bridgehead atoms. The van der Waals surface area contributed by atoms with E-state index in [2.05, 4.69) is 5.32 Å². The molecule has 2 rings (SSSR count). The zero-order chi connectivity index (χ0) is 17.5. The van der Waals surface area contributed by atoms with Crippen molar-refractivity contribution in [1.29, 1.82) is 0 Å². The van der Waals surface area contributed by atoms with Crippen LogP contribution in [0.1, 0.15) is 18.9 Å². The molecule has 1 N–H and O–H groups in total. The molecule has 0 saturated carbocycles. The van der Waals surface area contributed by atoms with E-state index < -0.39 is 6.10 Å². The summed E-state index contributed by atoms with van der Waals surface area (Å²) in [5, 5.41) is 2.86. The molecule has 0 heterocycles. The maximum atomic E-state index is 12.6. The SMILES string of the molecule is CC[C@@H](Oc1ccccc1C)C(=O)Nc1cc(OC)ccc1OC. The highest BCUT2D eigenvalue weighted by atomic mass is 16.5. The average molecular weight is 329 g/mol. The molecule has 0 radical (unpaired) electrons. The molecule has 0 aliphatic heterocycles. The van der Waals surface area contributed by atoms with E-state index in [1.165, 1.54) is 0 Å². The topological polar surface area (TPSA) is 56.8 Å². The zero-order valence-corrected chi connectivity index (χ0v) is 14.5. The Balaban J connectivity index is 2.16. The van der Waals surface area contributed by atoms with Gasteiger partial charge in [-0.3, -0.25) is 4.79 Å². The summed E-state index contributed by atoms with van der Waals surface area (Å²) in [5.41, 5.74) is 1.54. The summed E-state index contributed by atoms with van der Waals surface area (Å²) in [4.78, 5) is 12.6. The molecule has 0 spiro atoms. The average Bonchev–Trinajstić information content (AvgIpc) is 2.60. The summed E-state index contributed by atoms with van der Waals surface area (Å²) in [6.45, 7) is 3.86. The number of carbonyl (C=O) groups excluding carboxylic acids is 1. The highest BCUT2D eigenvalue weighted by Crippen LogP contribution is 2.29. The molecule has 0 aliphatic rings. The number of hydrogen-bond acceptors (Lipinski definition) is 4. The molecule has 128 valence electrons. The van der Waals surface area contributed by atoms with Gasteiger partial charge >= 0.3 is 0 Å². The second-order valence-electron chi connectivity index (χ2n) is 5.34. The Kier molecular flexibility index (Phi) is 6.07. The molecular formula is C19H23NO4. The smallest absolute Gasteiger partial charge is 0.265 e. The van der Waals surface area contributed by atoms with Crippen LogP contribution in [0.3, 0.4) is 0 Å². The lowest BCUT2D eigenvalue weighted by Crippen LogP contribution is -2.32. The Bertz CT molecular complexity index is 700. The number of ether oxygens (including phenoxy) is 3. The third-order valence-corrected chi connectivity index (χ3v) is 3.69. The number of hydrogen-bond donors (Lipinski definition) is 1. The van der Waals surface area contributed by atoms with Crippen LogP contribution >= 0.6 is 0 Å². The number of rotatable bonds is 7. The van der Waals surface area contributed by atoms with E-state index >= 15 is 0 Å². The number of methoxy groups -OCH3 is 2. The first-order valence-electron chi connectivity index (χ1n) is 7.84. The van der Waals surface area contributed by atoms with Crippen molar-refractivity contribution >= 4 is 11.6 Å². The summed E-state index contributed by atoms with van der Waals surface area (Å²) in [5.74, 6) is 1.68. The molecule has 0 aromatic heterocycles. The van der Waals surface area contributed by atoms with Gasteiger partial charge < -0.3 is 19.5 Å². The van der Waals surface area contributed by atoms with Crippen molar-refractivity contribution in [2.24, 2.45) is 0 Å². The van der Waals surface area contributed by atoms with E-state index in [9.17, 15) is 4.79 Å². The third kappa shape index (κ3) is 4.19. The van der Waals surface area contributed by atoms with Gasteiger partial charge in [0.15, 0.2) is 6.10 Å². The maximum Gasteiger partial charge on any atom is 0.265 e. The van der Waals surface area contributed by atoms with Gasteiger partial charge in [-0.15, -0.1) is 0 Å². The lowest BCUT2D eigenvalue weighted by molar-refractivity contribution is -0.122. The Labute approximate surface area is 142 Å². The number of benzene rings is 2. The third-order valence-electron chi connectivity index (χ3n) is 3.69. The Morgan fingerprint density at radius 1 is 1.08 bits per heavy atom. The van der Waals surface area contributed by atoms with E-state index in [1.54, 1.807) is 32.4 Å². The second kappa shape index (κ2) is 8.24. The summed E-state index contributed by atoms with van der Waals surface area (Å²) in [7, 11) is 3.13. The van der Waals surface area contributed by atoms with Crippen LogP contribution in [0.4, 0.5) is 5.69 Å². The summed E-state index contributed by atoms with van der Waals surface area (Å²) in [6, 6.07) is 12.9. The van der Waals surface area contributed by atoms with Crippen LogP contribution in [0.15, 0.2) is 42.5 Å². The minimum Gasteiger partial charge on any atom is -0.497 e. The second-order valence-corrected chi connectivity index (χ2v) is 5.34. The van der Waals surface area contributed by atoms with Crippen LogP contribution in [0, 0.1) is 6.92 Å². The fraction of sp³-hybridized carbons (Fsp3) is 0.316. The predicted molar refractivity (Wildman–Crippen MR) is 94.1 cm³/mol. The minimum absolute atomic E-state index is 0.229. The van der Waals surface area contributed by atoms with Crippen LogP contribution < -0.4 is 19.5 Å². The molecular weight excluding hydrogens is 306 g/mol. The fourth-order valence-electron chi connectivity index (χ4n) is 2.29. The first-order chi connectivity index (χ1) is 11.6. The molecule has 0 fully saturated rings. The molecule has 2 aromatic carbocycles. The van der Waals surface area contributed by atoms with Crippen molar-refractivity contribution in [2.45, 2.75) is 26.4 Å². The van der Waals surface area contributed by atoms with Gasteiger partial charge in [-0.2, -0.15) is 0 Å². The van der Waals surface area contributed by atoms with E-state index in [-0.39, 0.29) is 5.91 Å². The highest BCUT2D eigenvalue weighted by Gasteiger charge is 2.20. The van der Waals surface area contributed by atoms with Gasteiger partial charge in [0.25, 0.3) is 5.91 Å². The lowest BCUT2D eigenvalue weighted by atomic mass is 10.2. The van der Waals surface area contributed by atoms with Gasteiger partial charge in [-0.1, -0.05) is 25.1 Å². The van der Waals surface area contributed by atoms with Gasteiger partial charge in [0.05, 0.1) is 19.9 Å². The quantitative estimate of drug-likeness (QED) is 0.839. The lowest BCUT2D eigenvalue weighted by Gasteiger charge is -2.19. The van der Waals surface area contributed by atoms with Crippen molar-refractivity contribution in [3.05, 3.63) is 48.0 Å². The number of para-hydroxylation sites is 1. The van der Waals surface area contributed by atoms with Crippen molar-refractivity contribution in [3.63, 3.8) is 0 Å². The van der Waals surface area contributed by atoms with Crippen molar-refractivity contribution in [1.82, 2.24) is 0 Å². The predicted octanol–water partition coefficient (Wildman–Crippen LogP) is 3.81. The summed E-state index contributed by atoms with van der Waals surface area (Å²) < 4.78 is 16.4. The molecule has 0 unspecified atom stereocenters. The van der Waals surface area contributed by atoms with Gasteiger partial charge in [0, 0.05) is 6.07 Å². The maximum absolute atomic E-state index is 12.6. The van der Waals surface area contributed by atoms with Gasteiger partial charge in [-0.25, -0.2) is 0 Å². The fourth-order valence-corrected chi connectivity index (χ4v) is 2.29. The van der Waals surface area contributed by atoms with Crippen LogP contribution in [0.2, 0.25) is 0 Å². The number of aryl methyl sites for hydroxylation is 1. The Morgan fingerprint density at radius 3 is 2.46 bits per heavy atom. The number of amides is 1. The minimum atomic E-state index is -0.595. The standard InChI is InChI=1S/C19H23NO4/c1-5-16(24-17-9-7-6-8-13(17)2)19(21)20-15-12-14(22-3)10-11-18(15)23-4/h6-12,16H,5H2,1-4H3,(H,20,21)/t16-/m1/s1. The van der Waals surface area contributed by atoms with Gasteiger partial charge in [0.1, 0.15) is 17.2 Å². The summed E-state index contributed by atoms with van der Waals surface area (Å²) >= 11 is 0. The largest absolute Gasteiger partial charge is 0.497 e. The molecule has 24 heavy (non-hydrogen) atoms. The first kappa shape index (κ1) is 17.7. The molecule has 1 atom stereocenters. The molecule has 0 aliphatic carbocycles. The van der Waals surface area contributed by atoms with Crippen LogP contribution in [-0.4, -0.2) is 26.2 Å². The van der Waals surface area contributed by atoms with E-state index in [4.69, 9.17) is 14.2 Å². The number of nitrogens with one attached hydrogen (secondary N) is 1. The zero-order valence-electron chi connectivity index (χ0n) is 14.5. The molecule has 0 saturated heterocycles. The molecule has 1 amide bonds. The van der Waals surface area contributed by atoms with Gasteiger partial charge in [0.2, 0.25) is 0 Å². The number of anilines is 1. The monoisotopic (exact) mass is 329 g/mol. The van der Waals surface area contributed by atoms with Crippen LogP contribution in [0.5, 0.6) is 17.2 Å². The first-order valence-corrected chi connectivity index (χ1v) is 7.84. The number of carbonyl (C=O) groups is 1. The van der Waals surface area contributed by atoms with Crippen molar-refractivity contribution in [3.8, 4) is 17.2 Å². The normalized spacial score (nSPS) is 11.5. The van der Waals surface area contributed by atoms with Gasteiger partial charge in [-0.05, 0) is 37.1 Å². The Hall–Kier alpha value is -2.69. The van der Waals surface area contributed by atoms with E-state index in [0.29, 0.717) is 29.4 Å². The van der Waals surface area contributed by atoms with Crippen LogP contribution in [0.25, 0.3) is 0 Å². The van der Waals surface area contributed by atoms with Crippen molar-refractivity contribution in [2.75, 3.05) is 19.5 Å². The molecule has 2 aromatic rings. The highest BCUT2D eigenvalue weighted by molar-refractivity contribution is 5.95. The van der Waals surface area contributed by atoms with Crippen molar-refractivity contribution < 1.29 is 19.0 Å². The summed E-state index contributed by atoms with van der Waals surface area (Å²) in [6.07, 6.45) is -0.0473. The molecule has 5 nitrogen and oxygen atoms in total. The van der Waals surface area contributed by atoms with Crippen LogP contribution in [-0.2, 0) is 4.79 Å². The molecule has 5 heteroatoms. The van der Waals surface area contributed by atoms with E-state index in [0.717, 1.165) is 5.56 Å². The van der Waals surface area contributed by atoms with E-state index in [1.807, 2.05) is 38.1 Å². The Morgan fingerprint density at radius 2 is 1.83 bits per heavy atom.